The second-order valence-corrected chi connectivity index (χ2v) is 8.92. The van der Waals surface area contributed by atoms with E-state index in [-0.39, 0.29) is 17.0 Å². The first-order valence-corrected chi connectivity index (χ1v) is 11.8. The van der Waals surface area contributed by atoms with Gasteiger partial charge in [-0.15, -0.1) is 0 Å². The molecule has 0 bridgehead atoms. The molecule has 1 saturated heterocycles. The summed E-state index contributed by atoms with van der Waals surface area (Å²) in [6.07, 6.45) is 1.92. The lowest BCUT2D eigenvalue weighted by atomic mass is 10.0. The number of hydrogen-bond donors (Lipinski definition) is 2. The minimum atomic E-state index is -0.867. The largest absolute Gasteiger partial charge is 0.508 e. The first-order valence-electron chi connectivity index (χ1n) is 10.7. The second-order valence-electron chi connectivity index (χ2n) is 7.65. The van der Waals surface area contributed by atoms with E-state index in [0.717, 1.165) is 16.0 Å². The fraction of sp³-hybridized carbons (Fsp3) is 0.115. The molecule has 7 nitrogen and oxygen atoms in total. The number of urea groups is 1. The van der Waals surface area contributed by atoms with Crippen LogP contribution in [0.3, 0.4) is 0 Å². The molecule has 3 aromatic carbocycles. The summed E-state index contributed by atoms with van der Waals surface area (Å²) in [4.78, 5) is 38.9. The van der Waals surface area contributed by atoms with Gasteiger partial charge in [-0.3, -0.25) is 14.9 Å². The fourth-order valence-electron chi connectivity index (χ4n) is 3.66. The normalized spacial score (nSPS) is 14.9. The highest BCUT2D eigenvalue weighted by molar-refractivity contribution is 9.10. The summed E-state index contributed by atoms with van der Waals surface area (Å²) in [5.74, 6) is -1.03. The van der Waals surface area contributed by atoms with E-state index in [1.807, 2.05) is 31.2 Å². The van der Waals surface area contributed by atoms with Crippen molar-refractivity contribution in [2.24, 2.45) is 0 Å². The minimum Gasteiger partial charge on any atom is -0.508 e. The molecule has 0 unspecified atom stereocenters. The molecule has 2 N–H and O–H groups in total. The number of nitrogens with one attached hydrogen (secondary N) is 1. The summed E-state index contributed by atoms with van der Waals surface area (Å²) < 4.78 is 6.57. The van der Waals surface area contributed by atoms with Crippen LogP contribution in [0, 0.1) is 0 Å². The van der Waals surface area contributed by atoms with Gasteiger partial charge in [0.15, 0.2) is 0 Å². The fourth-order valence-corrected chi connectivity index (χ4v) is 4.47. The van der Waals surface area contributed by atoms with Gasteiger partial charge in [0.05, 0.1) is 12.3 Å². The lowest BCUT2D eigenvalue weighted by Gasteiger charge is -2.26. The monoisotopic (exact) mass is 554 g/mol. The lowest BCUT2D eigenvalue weighted by molar-refractivity contribution is -0.122. The maximum atomic E-state index is 13.1. The maximum absolute atomic E-state index is 13.1. The molecule has 0 aromatic heterocycles. The summed E-state index contributed by atoms with van der Waals surface area (Å²) in [5.41, 5.74) is 2.32. The first kappa shape index (κ1) is 24.5. The van der Waals surface area contributed by atoms with Crippen LogP contribution >= 0.6 is 27.5 Å². The van der Waals surface area contributed by atoms with E-state index in [0.29, 0.717) is 33.8 Å². The molecule has 9 heteroatoms. The van der Waals surface area contributed by atoms with Gasteiger partial charge in [-0.25, -0.2) is 9.69 Å². The third-order valence-electron chi connectivity index (χ3n) is 5.32. The van der Waals surface area contributed by atoms with E-state index in [1.54, 1.807) is 12.1 Å². The number of imide groups is 2. The highest BCUT2D eigenvalue weighted by atomic mass is 79.9. The zero-order valence-electron chi connectivity index (χ0n) is 18.5. The number of amides is 4. The van der Waals surface area contributed by atoms with E-state index in [9.17, 15) is 19.5 Å². The van der Waals surface area contributed by atoms with Gasteiger partial charge in [-0.2, -0.15) is 0 Å². The number of carbonyl (C=O) groups is 3. The van der Waals surface area contributed by atoms with Crippen LogP contribution in [-0.2, 0) is 16.0 Å². The van der Waals surface area contributed by atoms with Crippen LogP contribution in [0.25, 0.3) is 6.08 Å². The van der Waals surface area contributed by atoms with Crippen molar-refractivity contribution in [2.75, 3.05) is 11.5 Å². The number of carbonyl (C=O) groups excluding carboxylic acids is 3. The van der Waals surface area contributed by atoms with Crippen molar-refractivity contribution in [3.8, 4) is 11.5 Å². The molecule has 0 radical (unpaired) electrons. The van der Waals surface area contributed by atoms with E-state index >= 15 is 0 Å². The van der Waals surface area contributed by atoms with Crippen molar-refractivity contribution in [1.29, 1.82) is 0 Å². The molecular formula is C26H20BrClN2O5. The van der Waals surface area contributed by atoms with E-state index < -0.39 is 17.8 Å². The summed E-state index contributed by atoms with van der Waals surface area (Å²) in [6.45, 7) is 2.27. The number of ether oxygens (including phenoxy) is 1. The van der Waals surface area contributed by atoms with Crippen molar-refractivity contribution >= 4 is 57.1 Å². The van der Waals surface area contributed by atoms with Crippen LogP contribution in [-0.4, -0.2) is 29.6 Å². The molecule has 1 aliphatic heterocycles. The minimum absolute atomic E-state index is 0.0179. The van der Waals surface area contributed by atoms with Gasteiger partial charge in [-0.05, 0) is 66.6 Å². The summed E-state index contributed by atoms with van der Waals surface area (Å²) in [5, 5.41) is 12.3. The number of phenols is 1. The maximum Gasteiger partial charge on any atom is 0.335 e. The predicted molar refractivity (Wildman–Crippen MR) is 137 cm³/mol. The van der Waals surface area contributed by atoms with Gasteiger partial charge in [-0.1, -0.05) is 45.7 Å². The summed E-state index contributed by atoms with van der Waals surface area (Å²) >= 11 is 9.92. The quantitative estimate of drug-likeness (QED) is 0.311. The molecular weight excluding hydrogens is 536 g/mol. The van der Waals surface area contributed by atoms with Gasteiger partial charge in [0.25, 0.3) is 11.8 Å². The van der Waals surface area contributed by atoms with Gasteiger partial charge < -0.3 is 9.84 Å². The SMILES string of the molecule is CCOc1cc(/C=C2\C(=O)NC(=O)N(c3ccc(O)cc3)C2=O)cc(Br)c1Cc1ccccc1Cl. The molecule has 4 amide bonds. The molecule has 1 fully saturated rings. The molecule has 0 aliphatic carbocycles. The molecule has 35 heavy (non-hydrogen) atoms. The molecule has 4 rings (SSSR count). The van der Waals surface area contributed by atoms with Gasteiger partial charge >= 0.3 is 6.03 Å². The smallest absolute Gasteiger partial charge is 0.335 e. The Labute approximate surface area is 215 Å². The standard InChI is InChI=1S/C26H20BrClN2O5/c1-2-35-23-13-15(12-21(27)19(23)14-16-5-3-4-6-22(16)28)11-20-24(32)29-26(34)30(25(20)33)17-7-9-18(31)10-8-17/h3-13,31H,2,14H2,1H3,(H,29,32,34)/b20-11+. The highest BCUT2D eigenvalue weighted by Gasteiger charge is 2.36. The van der Waals surface area contributed by atoms with Crippen molar-refractivity contribution in [1.82, 2.24) is 5.32 Å². The average Bonchev–Trinajstić information content (AvgIpc) is 2.81. The molecule has 178 valence electrons. The van der Waals surface area contributed by atoms with Crippen LogP contribution in [0.1, 0.15) is 23.6 Å². The molecule has 3 aromatic rings. The Balaban J connectivity index is 1.72. The van der Waals surface area contributed by atoms with Gasteiger partial charge in [0, 0.05) is 21.5 Å². The number of rotatable bonds is 6. The molecule has 0 spiro atoms. The Hall–Kier alpha value is -3.62. The average molecular weight is 556 g/mol. The molecule has 0 saturated carbocycles. The summed E-state index contributed by atoms with van der Waals surface area (Å²) in [7, 11) is 0. The van der Waals surface area contributed by atoms with Gasteiger partial charge in [0.1, 0.15) is 17.1 Å². The number of aromatic hydroxyl groups is 1. The van der Waals surface area contributed by atoms with Crippen LogP contribution in [0.15, 0.2) is 70.7 Å². The van der Waals surface area contributed by atoms with Crippen LogP contribution < -0.4 is 15.0 Å². The Bertz CT molecular complexity index is 1350. The Kier molecular flexibility index (Phi) is 7.23. The van der Waals surface area contributed by atoms with Crippen molar-refractivity contribution < 1.29 is 24.2 Å². The number of anilines is 1. The number of barbiturate groups is 1. The van der Waals surface area contributed by atoms with Crippen molar-refractivity contribution in [3.63, 3.8) is 0 Å². The third-order valence-corrected chi connectivity index (χ3v) is 6.40. The summed E-state index contributed by atoms with van der Waals surface area (Å²) in [6, 6.07) is 15.7. The topological polar surface area (TPSA) is 95.9 Å². The van der Waals surface area contributed by atoms with Crippen LogP contribution in [0.5, 0.6) is 11.5 Å². The van der Waals surface area contributed by atoms with E-state index in [4.69, 9.17) is 16.3 Å². The van der Waals surface area contributed by atoms with Crippen LogP contribution in [0.4, 0.5) is 10.5 Å². The van der Waals surface area contributed by atoms with Crippen molar-refractivity contribution in [3.05, 3.63) is 92.4 Å². The van der Waals surface area contributed by atoms with Gasteiger partial charge in [0.2, 0.25) is 0 Å². The number of phenolic OH excluding ortho intramolecular Hbond substituents is 1. The Morgan fingerprint density at radius 1 is 1.09 bits per heavy atom. The Morgan fingerprint density at radius 2 is 1.80 bits per heavy atom. The third kappa shape index (κ3) is 5.23. The molecule has 1 heterocycles. The molecule has 0 atom stereocenters. The predicted octanol–water partition coefficient (Wildman–Crippen LogP) is 5.46. The molecule has 1 aliphatic rings. The number of halogens is 2. The second kappa shape index (κ2) is 10.3. The first-order chi connectivity index (χ1) is 16.8. The number of benzene rings is 3. The zero-order chi connectivity index (χ0) is 25.1. The number of nitrogens with zero attached hydrogens (tertiary/aromatic N) is 1. The number of hydrogen-bond acceptors (Lipinski definition) is 5. The highest BCUT2D eigenvalue weighted by Crippen LogP contribution is 2.34. The Morgan fingerprint density at radius 3 is 2.49 bits per heavy atom. The van der Waals surface area contributed by atoms with Crippen molar-refractivity contribution in [2.45, 2.75) is 13.3 Å². The van der Waals surface area contributed by atoms with E-state index in [1.165, 1.54) is 30.3 Å². The zero-order valence-corrected chi connectivity index (χ0v) is 20.9. The lowest BCUT2D eigenvalue weighted by Crippen LogP contribution is -2.54. The van der Waals surface area contributed by atoms with Crippen LogP contribution in [0.2, 0.25) is 5.02 Å². The van der Waals surface area contributed by atoms with E-state index in [2.05, 4.69) is 21.2 Å².